The average molecular weight is 542 g/mol. The Morgan fingerprint density at radius 3 is 2.59 bits per heavy atom. The highest BCUT2D eigenvalue weighted by molar-refractivity contribution is 7.19. The highest BCUT2D eigenvalue weighted by atomic mass is 32.1. The molecule has 9 heteroatoms. The first-order chi connectivity index (χ1) is 17.7. The minimum absolute atomic E-state index is 0.0870. The molecule has 1 saturated heterocycles. The Morgan fingerprint density at radius 2 is 1.92 bits per heavy atom. The molecule has 1 unspecified atom stereocenters. The minimum Gasteiger partial charge on any atom is -0.401 e. The van der Waals surface area contributed by atoms with Crippen LogP contribution in [-0.2, 0) is 15.6 Å². The quantitative estimate of drug-likeness (QED) is 0.425. The van der Waals surface area contributed by atoms with Gasteiger partial charge in [-0.15, -0.1) is 11.3 Å². The topological polar surface area (TPSA) is 83.3 Å². The molecule has 202 valence electrons. The maximum atomic E-state index is 10.0. The Bertz CT molecular complexity index is 1130. The van der Waals surface area contributed by atoms with Gasteiger partial charge >= 0.3 is 0 Å². The standard InChI is InChI=1S/C28H43N5O2SSi/c1-28(2,3)37(4,5)35-22(17-29)16-19-6-11-23-24(19)25-26(30-18-31-27(25)36-23)32-20-7-9-21(10-8-20)33-12-14-34-15-13-33/h18-22H,6-16H2,1-5H3,(H,30,31,32)/t19-,20?,21?,22?/m1/s1. The summed E-state index contributed by atoms with van der Waals surface area (Å²) in [6.07, 6.45) is 9.02. The summed E-state index contributed by atoms with van der Waals surface area (Å²) in [6.45, 7) is 15.1. The van der Waals surface area contributed by atoms with Crippen molar-refractivity contribution in [3.63, 3.8) is 0 Å². The van der Waals surface area contributed by atoms with E-state index in [4.69, 9.17) is 14.1 Å². The van der Waals surface area contributed by atoms with Crippen molar-refractivity contribution in [1.82, 2.24) is 14.9 Å². The van der Waals surface area contributed by atoms with E-state index in [1.807, 2.05) is 11.3 Å². The van der Waals surface area contributed by atoms with Gasteiger partial charge in [0, 0.05) is 30.1 Å². The molecule has 1 N–H and O–H groups in total. The molecule has 7 nitrogen and oxygen atoms in total. The number of nitrogens with zero attached hydrogens (tertiary/aromatic N) is 4. The van der Waals surface area contributed by atoms with Crippen molar-refractivity contribution in [1.29, 1.82) is 5.26 Å². The van der Waals surface area contributed by atoms with E-state index in [0.29, 0.717) is 18.0 Å². The zero-order valence-corrected chi connectivity index (χ0v) is 25.0. The van der Waals surface area contributed by atoms with E-state index in [0.717, 1.165) is 56.2 Å². The molecule has 0 radical (unpaired) electrons. The van der Waals surface area contributed by atoms with Crippen LogP contribution in [0.1, 0.15) is 75.7 Å². The number of anilines is 1. The van der Waals surface area contributed by atoms with Crippen LogP contribution in [0.15, 0.2) is 6.33 Å². The van der Waals surface area contributed by atoms with Crippen LogP contribution in [0.3, 0.4) is 0 Å². The van der Waals surface area contributed by atoms with Crippen LogP contribution in [0.5, 0.6) is 0 Å². The Morgan fingerprint density at radius 1 is 1.19 bits per heavy atom. The Balaban J connectivity index is 1.30. The van der Waals surface area contributed by atoms with Crippen LogP contribution in [0.4, 0.5) is 5.82 Å². The molecule has 0 spiro atoms. The number of morpholine rings is 1. The molecular formula is C28H43N5O2SSi. The number of hydrogen-bond donors (Lipinski definition) is 1. The molecule has 3 heterocycles. The first-order valence-electron chi connectivity index (χ1n) is 14.1. The van der Waals surface area contributed by atoms with Gasteiger partial charge in [0.15, 0.2) is 8.32 Å². The van der Waals surface area contributed by atoms with Crippen molar-refractivity contribution in [3.8, 4) is 6.07 Å². The molecule has 2 aromatic rings. The fourth-order valence-corrected chi connectivity index (χ4v) is 8.51. The smallest absolute Gasteiger partial charge is 0.193 e. The summed E-state index contributed by atoms with van der Waals surface area (Å²) < 4.78 is 12.1. The summed E-state index contributed by atoms with van der Waals surface area (Å²) in [7, 11) is -2.02. The summed E-state index contributed by atoms with van der Waals surface area (Å²) in [5.41, 5.74) is 1.38. The van der Waals surface area contributed by atoms with Crippen molar-refractivity contribution in [2.45, 2.75) is 108 Å². The first kappa shape index (κ1) is 27.0. The van der Waals surface area contributed by atoms with Crippen molar-refractivity contribution in [3.05, 3.63) is 16.8 Å². The van der Waals surface area contributed by atoms with Gasteiger partial charge in [0.1, 0.15) is 23.1 Å². The first-order valence-corrected chi connectivity index (χ1v) is 17.8. The molecule has 2 aliphatic carbocycles. The molecule has 2 aromatic heterocycles. The van der Waals surface area contributed by atoms with Gasteiger partial charge in [-0.3, -0.25) is 4.90 Å². The Hall–Kier alpha value is -1.57. The minimum atomic E-state index is -2.02. The number of ether oxygens (including phenoxy) is 1. The van der Waals surface area contributed by atoms with Crippen molar-refractivity contribution >= 4 is 35.7 Å². The number of hydrogen-bond acceptors (Lipinski definition) is 8. The number of aromatic nitrogens is 2. The van der Waals surface area contributed by atoms with Gasteiger partial charge in [-0.25, -0.2) is 9.97 Å². The second kappa shape index (κ2) is 10.9. The normalized spacial score (nSPS) is 26.1. The fourth-order valence-electron chi connectivity index (χ4n) is 6.05. The van der Waals surface area contributed by atoms with Crippen LogP contribution in [-0.4, -0.2) is 67.7 Å². The molecule has 37 heavy (non-hydrogen) atoms. The maximum absolute atomic E-state index is 10.0. The molecule has 0 amide bonds. The average Bonchev–Trinajstić information content (AvgIpc) is 3.44. The van der Waals surface area contributed by atoms with Crippen LogP contribution in [0.25, 0.3) is 10.2 Å². The summed E-state index contributed by atoms with van der Waals surface area (Å²) >= 11 is 1.81. The third-order valence-corrected chi connectivity index (χ3v) is 14.9. The number of nitrogens with one attached hydrogen (secondary N) is 1. The molecule has 2 atom stereocenters. The van der Waals surface area contributed by atoms with Gasteiger partial charge in [-0.05, 0) is 74.6 Å². The van der Waals surface area contributed by atoms with E-state index in [9.17, 15) is 5.26 Å². The van der Waals surface area contributed by atoms with Crippen molar-refractivity contribution in [2.24, 2.45) is 0 Å². The maximum Gasteiger partial charge on any atom is 0.193 e. The van der Waals surface area contributed by atoms with Crippen LogP contribution in [0, 0.1) is 11.3 Å². The van der Waals surface area contributed by atoms with Gasteiger partial charge in [-0.2, -0.15) is 5.26 Å². The van der Waals surface area contributed by atoms with E-state index in [1.165, 1.54) is 41.5 Å². The van der Waals surface area contributed by atoms with Gasteiger partial charge in [0.25, 0.3) is 0 Å². The van der Waals surface area contributed by atoms with E-state index in [-0.39, 0.29) is 11.1 Å². The van der Waals surface area contributed by atoms with E-state index >= 15 is 0 Å². The Labute approximate surface area is 227 Å². The zero-order valence-electron chi connectivity index (χ0n) is 23.2. The molecule has 0 aromatic carbocycles. The summed E-state index contributed by atoms with van der Waals surface area (Å²) in [5.74, 6) is 1.31. The summed E-state index contributed by atoms with van der Waals surface area (Å²) in [6, 6.07) is 3.63. The van der Waals surface area contributed by atoms with E-state index < -0.39 is 8.32 Å². The highest BCUT2D eigenvalue weighted by Gasteiger charge is 2.41. The molecule has 3 aliphatic rings. The number of nitriles is 1. The molecule has 1 saturated carbocycles. The van der Waals surface area contributed by atoms with E-state index in [2.05, 4.69) is 55.1 Å². The molecule has 0 bridgehead atoms. The lowest BCUT2D eigenvalue weighted by Crippen LogP contribution is -2.46. The predicted octanol–water partition coefficient (Wildman–Crippen LogP) is 6.08. The Kier molecular flexibility index (Phi) is 7.95. The lowest BCUT2D eigenvalue weighted by molar-refractivity contribution is 0.00791. The predicted molar refractivity (Wildman–Crippen MR) is 153 cm³/mol. The van der Waals surface area contributed by atoms with Gasteiger partial charge < -0.3 is 14.5 Å². The second-order valence-electron chi connectivity index (χ2n) is 12.6. The van der Waals surface area contributed by atoms with Crippen molar-refractivity contribution in [2.75, 3.05) is 31.6 Å². The molecule has 5 rings (SSSR count). The van der Waals surface area contributed by atoms with Gasteiger partial charge in [-0.1, -0.05) is 20.8 Å². The third kappa shape index (κ3) is 5.74. The largest absolute Gasteiger partial charge is 0.401 e. The highest BCUT2D eigenvalue weighted by Crippen LogP contribution is 2.48. The van der Waals surface area contributed by atoms with Crippen LogP contribution in [0.2, 0.25) is 18.1 Å². The number of fused-ring (bicyclic) bond motifs is 3. The van der Waals surface area contributed by atoms with Crippen LogP contribution < -0.4 is 5.32 Å². The fraction of sp³-hybridized carbons (Fsp3) is 0.750. The van der Waals surface area contributed by atoms with E-state index in [1.54, 1.807) is 6.33 Å². The summed E-state index contributed by atoms with van der Waals surface area (Å²) in [5, 5.41) is 15.1. The third-order valence-electron chi connectivity index (χ3n) is 9.22. The molecule has 2 fully saturated rings. The molecular weight excluding hydrogens is 498 g/mol. The second-order valence-corrected chi connectivity index (χ2v) is 18.4. The number of thiophene rings is 1. The lowest BCUT2D eigenvalue weighted by atomic mass is 9.89. The van der Waals surface area contributed by atoms with Gasteiger partial charge in [0.2, 0.25) is 0 Å². The van der Waals surface area contributed by atoms with Gasteiger partial charge in [0.05, 0.1) is 24.7 Å². The lowest BCUT2D eigenvalue weighted by Gasteiger charge is -2.39. The van der Waals surface area contributed by atoms with Crippen molar-refractivity contribution < 1.29 is 9.16 Å². The SMILES string of the molecule is CC(C)(C)[Si](C)(C)OC(C#N)C[C@H]1CCc2sc3ncnc(NC4CCC(N5CCOCC5)CC4)c3c21. The molecule has 1 aliphatic heterocycles. The summed E-state index contributed by atoms with van der Waals surface area (Å²) in [4.78, 5) is 14.5. The zero-order chi connectivity index (χ0) is 26.2. The number of rotatable bonds is 7. The van der Waals surface area contributed by atoms with Crippen LogP contribution >= 0.6 is 11.3 Å². The number of aryl methyl sites for hydroxylation is 1. The monoisotopic (exact) mass is 541 g/mol.